The highest BCUT2D eigenvalue weighted by Gasteiger charge is 2.11. The van der Waals surface area contributed by atoms with Gasteiger partial charge in [0.15, 0.2) is 10.8 Å². The van der Waals surface area contributed by atoms with Crippen molar-refractivity contribution >= 4 is 34.7 Å². The third-order valence-corrected chi connectivity index (χ3v) is 4.87. The average Bonchev–Trinajstić information content (AvgIpc) is 3.17. The van der Waals surface area contributed by atoms with Gasteiger partial charge in [-0.3, -0.25) is 4.79 Å². The molecule has 2 aromatic heterocycles. The van der Waals surface area contributed by atoms with Crippen LogP contribution in [0.4, 0.5) is 5.69 Å². The monoisotopic (exact) mass is 344 g/mol. The van der Waals surface area contributed by atoms with Gasteiger partial charge in [-0.2, -0.15) is 0 Å². The molecule has 0 radical (unpaired) electrons. The summed E-state index contributed by atoms with van der Waals surface area (Å²) in [4.78, 5) is 17.7. The highest BCUT2D eigenvalue weighted by Crippen LogP contribution is 2.26. The van der Waals surface area contributed by atoms with Crippen LogP contribution >= 0.6 is 23.1 Å². The van der Waals surface area contributed by atoms with E-state index in [4.69, 9.17) is 4.42 Å². The van der Waals surface area contributed by atoms with Crippen molar-refractivity contribution in [2.75, 3.05) is 11.6 Å². The van der Waals surface area contributed by atoms with Gasteiger partial charge in [-0.25, -0.2) is 4.98 Å². The van der Waals surface area contributed by atoms with E-state index in [2.05, 4.69) is 10.3 Å². The van der Waals surface area contributed by atoms with E-state index in [1.54, 1.807) is 11.8 Å². The maximum absolute atomic E-state index is 12.1. The first-order valence-electron chi connectivity index (χ1n) is 7.09. The van der Waals surface area contributed by atoms with Crippen LogP contribution in [0.5, 0.6) is 0 Å². The predicted molar refractivity (Wildman–Crippen MR) is 95.1 cm³/mol. The van der Waals surface area contributed by atoms with Crippen LogP contribution in [-0.2, 0) is 11.2 Å². The van der Waals surface area contributed by atoms with Crippen LogP contribution in [0.3, 0.4) is 0 Å². The number of thioether (sulfide) groups is 1. The zero-order valence-corrected chi connectivity index (χ0v) is 14.5. The Labute approximate surface area is 142 Å². The number of anilines is 1. The number of nitrogens with zero attached hydrogens (tertiary/aromatic N) is 1. The molecule has 118 valence electrons. The van der Waals surface area contributed by atoms with Gasteiger partial charge in [-0.1, -0.05) is 0 Å². The largest absolute Gasteiger partial charge is 0.459 e. The maximum atomic E-state index is 12.1. The van der Waals surface area contributed by atoms with E-state index < -0.39 is 0 Å². The van der Waals surface area contributed by atoms with Crippen LogP contribution in [0.15, 0.2) is 51.1 Å². The fourth-order valence-corrected chi connectivity index (χ4v) is 3.28. The van der Waals surface area contributed by atoms with Gasteiger partial charge in [-0.05, 0) is 49.6 Å². The second kappa shape index (κ2) is 7.02. The normalized spacial score (nSPS) is 10.7. The highest BCUT2D eigenvalue weighted by atomic mass is 32.2. The molecule has 0 unspecified atom stereocenters. The van der Waals surface area contributed by atoms with E-state index in [-0.39, 0.29) is 12.3 Å². The molecule has 1 N–H and O–H groups in total. The van der Waals surface area contributed by atoms with Crippen LogP contribution in [0.2, 0.25) is 0 Å². The van der Waals surface area contributed by atoms with Gasteiger partial charge >= 0.3 is 0 Å². The minimum Gasteiger partial charge on any atom is -0.459 e. The highest BCUT2D eigenvalue weighted by molar-refractivity contribution is 7.98. The molecule has 2 heterocycles. The standard InChI is InChI=1S/C17H16N2O2S2/c1-11-3-8-15(21-11)17-19-13(10-23-17)9-16(20)18-12-4-6-14(22-2)7-5-12/h3-8,10H,9H2,1-2H3,(H,18,20). The molecule has 0 aliphatic carbocycles. The van der Waals surface area contributed by atoms with Crippen molar-refractivity contribution in [3.05, 3.63) is 53.2 Å². The zero-order chi connectivity index (χ0) is 16.2. The van der Waals surface area contributed by atoms with Crippen molar-refractivity contribution in [2.24, 2.45) is 0 Å². The maximum Gasteiger partial charge on any atom is 0.230 e. The van der Waals surface area contributed by atoms with Crippen molar-refractivity contribution in [3.63, 3.8) is 0 Å². The first-order chi connectivity index (χ1) is 11.1. The van der Waals surface area contributed by atoms with Gasteiger partial charge in [0.1, 0.15) is 5.76 Å². The van der Waals surface area contributed by atoms with Gasteiger partial charge < -0.3 is 9.73 Å². The second-order valence-electron chi connectivity index (χ2n) is 5.01. The van der Waals surface area contributed by atoms with Gasteiger partial charge in [-0.15, -0.1) is 23.1 Å². The van der Waals surface area contributed by atoms with Crippen molar-refractivity contribution in [1.82, 2.24) is 4.98 Å². The number of furan rings is 1. The number of hydrogen-bond donors (Lipinski definition) is 1. The van der Waals surface area contributed by atoms with Crippen molar-refractivity contribution in [2.45, 2.75) is 18.2 Å². The molecule has 3 aromatic rings. The molecule has 1 aromatic carbocycles. The molecule has 4 nitrogen and oxygen atoms in total. The Morgan fingerprint density at radius 3 is 2.70 bits per heavy atom. The number of carbonyl (C=O) groups excluding carboxylic acids is 1. The molecule has 0 spiro atoms. The van der Waals surface area contributed by atoms with E-state index in [0.717, 1.165) is 27.9 Å². The van der Waals surface area contributed by atoms with Gasteiger partial charge in [0.25, 0.3) is 0 Å². The molecule has 0 atom stereocenters. The molecule has 1 amide bonds. The first kappa shape index (κ1) is 15.8. The summed E-state index contributed by atoms with van der Waals surface area (Å²) >= 11 is 3.15. The summed E-state index contributed by atoms with van der Waals surface area (Å²) in [6.45, 7) is 1.90. The molecule has 0 bridgehead atoms. The Morgan fingerprint density at radius 2 is 2.04 bits per heavy atom. The Balaban J connectivity index is 1.62. The van der Waals surface area contributed by atoms with Crippen LogP contribution in [0.25, 0.3) is 10.8 Å². The Bertz CT molecular complexity index is 806. The number of thiazole rings is 1. The zero-order valence-electron chi connectivity index (χ0n) is 12.8. The summed E-state index contributed by atoms with van der Waals surface area (Å²) in [5, 5.41) is 5.58. The smallest absolute Gasteiger partial charge is 0.230 e. The number of nitrogens with one attached hydrogen (secondary N) is 1. The van der Waals surface area contributed by atoms with Crippen molar-refractivity contribution < 1.29 is 9.21 Å². The lowest BCUT2D eigenvalue weighted by Gasteiger charge is -2.04. The van der Waals surface area contributed by atoms with Gasteiger partial charge in [0.05, 0.1) is 12.1 Å². The lowest BCUT2D eigenvalue weighted by Crippen LogP contribution is -2.14. The fraction of sp³-hybridized carbons (Fsp3) is 0.176. The minimum absolute atomic E-state index is 0.0747. The fourth-order valence-electron chi connectivity index (χ4n) is 2.09. The molecule has 23 heavy (non-hydrogen) atoms. The van der Waals surface area contributed by atoms with E-state index in [9.17, 15) is 4.79 Å². The van der Waals surface area contributed by atoms with E-state index >= 15 is 0 Å². The molecular formula is C17H16N2O2S2. The van der Waals surface area contributed by atoms with Crippen LogP contribution < -0.4 is 5.32 Å². The van der Waals surface area contributed by atoms with Crippen molar-refractivity contribution in [3.8, 4) is 10.8 Å². The molecule has 0 saturated heterocycles. The number of aromatic nitrogens is 1. The summed E-state index contributed by atoms with van der Waals surface area (Å²) in [7, 11) is 0. The SMILES string of the molecule is CSc1ccc(NC(=O)Cc2csc(-c3ccc(C)o3)n2)cc1. The number of hydrogen-bond acceptors (Lipinski definition) is 5. The summed E-state index contributed by atoms with van der Waals surface area (Å²) in [6, 6.07) is 11.6. The molecule has 6 heteroatoms. The molecular weight excluding hydrogens is 328 g/mol. The number of benzene rings is 1. The summed E-state index contributed by atoms with van der Waals surface area (Å²) in [5.74, 6) is 1.52. The van der Waals surface area contributed by atoms with E-state index in [0.29, 0.717) is 0 Å². The summed E-state index contributed by atoms with van der Waals surface area (Å²) < 4.78 is 5.55. The average molecular weight is 344 g/mol. The van der Waals surface area contributed by atoms with Gasteiger partial charge in [0.2, 0.25) is 5.91 Å². The Hall–Kier alpha value is -2.05. The van der Waals surface area contributed by atoms with E-state index in [1.807, 2.05) is 55.0 Å². The number of rotatable bonds is 5. The molecule has 0 aliphatic heterocycles. The van der Waals surface area contributed by atoms with Crippen molar-refractivity contribution in [1.29, 1.82) is 0 Å². The van der Waals surface area contributed by atoms with Gasteiger partial charge in [0, 0.05) is 16.0 Å². The summed E-state index contributed by atoms with van der Waals surface area (Å²) in [6.07, 6.45) is 2.27. The third-order valence-electron chi connectivity index (χ3n) is 3.22. The Morgan fingerprint density at radius 1 is 1.26 bits per heavy atom. The Kier molecular flexibility index (Phi) is 4.83. The molecule has 0 fully saturated rings. The molecule has 0 aliphatic rings. The second-order valence-corrected chi connectivity index (χ2v) is 6.75. The number of carbonyl (C=O) groups is 1. The molecule has 0 saturated carbocycles. The summed E-state index contributed by atoms with van der Waals surface area (Å²) in [5.41, 5.74) is 1.54. The predicted octanol–water partition coefficient (Wildman–Crippen LogP) is 4.61. The lowest BCUT2D eigenvalue weighted by atomic mass is 10.3. The van der Waals surface area contributed by atoms with Crippen LogP contribution in [0.1, 0.15) is 11.5 Å². The molecule has 3 rings (SSSR count). The first-order valence-corrected chi connectivity index (χ1v) is 9.19. The van der Waals surface area contributed by atoms with E-state index in [1.165, 1.54) is 16.2 Å². The van der Waals surface area contributed by atoms with Crippen LogP contribution in [0, 0.1) is 6.92 Å². The van der Waals surface area contributed by atoms with Crippen LogP contribution in [-0.4, -0.2) is 17.1 Å². The lowest BCUT2D eigenvalue weighted by molar-refractivity contribution is -0.115. The topological polar surface area (TPSA) is 55.1 Å². The number of amides is 1. The minimum atomic E-state index is -0.0747. The number of aryl methyl sites for hydroxylation is 1. The third kappa shape index (κ3) is 4.03. The quantitative estimate of drug-likeness (QED) is 0.687.